The Kier molecular flexibility index (Phi) is 3.59. The summed E-state index contributed by atoms with van der Waals surface area (Å²) in [6.45, 7) is 0.439. The zero-order chi connectivity index (χ0) is 11.4. The van der Waals surface area contributed by atoms with E-state index < -0.39 is 5.24 Å². The van der Waals surface area contributed by atoms with Crippen LogP contribution < -0.4 is 4.74 Å². The van der Waals surface area contributed by atoms with Crippen LogP contribution in [0.3, 0.4) is 0 Å². The molecule has 2 rings (SSSR count). The van der Waals surface area contributed by atoms with Crippen molar-refractivity contribution in [2.24, 2.45) is 0 Å². The first kappa shape index (κ1) is 11.2. The molecule has 0 unspecified atom stereocenters. The summed E-state index contributed by atoms with van der Waals surface area (Å²) in [5, 5.41) is 1.31. The smallest absolute Gasteiger partial charge is 0.266 e. The number of ether oxygens (including phenoxy) is 1. The maximum absolute atomic E-state index is 11.0. The molecule has 16 heavy (non-hydrogen) atoms. The Morgan fingerprint density at radius 1 is 1.25 bits per heavy atom. The molecule has 0 atom stereocenters. The Hall–Kier alpha value is -1.32. The number of carbonyl (C=O) groups excluding carboxylic acids is 1. The predicted molar refractivity (Wildman–Crippen MR) is 65.3 cm³/mol. The van der Waals surface area contributed by atoms with Crippen LogP contribution in [-0.2, 0) is 6.61 Å². The first-order valence-corrected chi connectivity index (χ1v) is 5.97. The number of benzene rings is 1. The third-order valence-corrected chi connectivity index (χ3v) is 3.24. The molecule has 4 heteroatoms. The van der Waals surface area contributed by atoms with Crippen LogP contribution in [0.1, 0.15) is 15.2 Å². The van der Waals surface area contributed by atoms with E-state index in [0.717, 1.165) is 5.56 Å². The van der Waals surface area contributed by atoms with E-state index in [1.807, 2.05) is 30.3 Å². The summed E-state index contributed by atoms with van der Waals surface area (Å²) < 4.78 is 5.53. The molecule has 0 radical (unpaired) electrons. The van der Waals surface area contributed by atoms with Gasteiger partial charge in [0.15, 0.2) is 0 Å². The summed E-state index contributed by atoms with van der Waals surface area (Å²) in [5.41, 5.74) is 1.06. The minimum Gasteiger partial charge on any atom is -0.487 e. The van der Waals surface area contributed by atoms with Crippen molar-refractivity contribution >= 4 is 28.2 Å². The lowest BCUT2D eigenvalue weighted by molar-refractivity contribution is 0.108. The quantitative estimate of drug-likeness (QED) is 0.776. The van der Waals surface area contributed by atoms with Gasteiger partial charge in [-0.15, -0.1) is 11.3 Å². The highest BCUT2D eigenvalue weighted by molar-refractivity contribution is 7.14. The number of carbonyl (C=O) groups is 1. The van der Waals surface area contributed by atoms with Gasteiger partial charge >= 0.3 is 0 Å². The fourth-order valence-electron chi connectivity index (χ4n) is 1.29. The van der Waals surface area contributed by atoms with Gasteiger partial charge in [0.1, 0.15) is 17.2 Å². The molecule has 2 nitrogen and oxygen atoms in total. The molecule has 0 fully saturated rings. The van der Waals surface area contributed by atoms with E-state index in [1.54, 1.807) is 11.4 Å². The predicted octanol–water partition coefficient (Wildman–Crippen LogP) is 3.71. The molecule has 0 aliphatic heterocycles. The Morgan fingerprint density at radius 2 is 2.00 bits per heavy atom. The van der Waals surface area contributed by atoms with Gasteiger partial charge in [-0.1, -0.05) is 30.3 Å². The summed E-state index contributed by atoms with van der Waals surface area (Å²) in [6, 6.07) is 11.5. The average Bonchev–Trinajstić information content (AvgIpc) is 2.76. The van der Waals surface area contributed by atoms with E-state index in [-0.39, 0.29) is 0 Å². The Balaban J connectivity index is 2.05. The maximum atomic E-state index is 11.0. The minimum absolute atomic E-state index is 0.439. The van der Waals surface area contributed by atoms with Gasteiger partial charge in [0.2, 0.25) is 0 Å². The molecular formula is C12H9ClO2S. The molecule has 0 aliphatic rings. The molecular weight excluding hydrogens is 244 g/mol. The number of rotatable bonds is 4. The van der Waals surface area contributed by atoms with Crippen molar-refractivity contribution in [2.75, 3.05) is 0 Å². The molecule has 0 saturated carbocycles. The number of hydrogen-bond acceptors (Lipinski definition) is 3. The number of halogens is 1. The standard InChI is InChI=1S/C12H9ClO2S/c13-12(14)11-10(6-7-16-11)15-8-9-4-2-1-3-5-9/h1-7H,8H2. The summed E-state index contributed by atoms with van der Waals surface area (Å²) in [6.07, 6.45) is 0. The van der Waals surface area contributed by atoms with E-state index in [4.69, 9.17) is 16.3 Å². The third kappa shape index (κ3) is 2.62. The van der Waals surface area contributed by atoms with Crippen LogP contribution >= 0.6 is 22.9 Å². The molecule has 0 saturated heterocycles. The van der Waals surface area contributed by atoms with Crippen LogP contribution in [-0.4, -0.2) is 5.24 Å². The lowest BCUT2D eigenvalue weighted by Gasteiger charge is -2.04. The highest BCUT2D eigenvalue weighted by atomic mass is 35.5. The number of thiophene rings is 1. The third-order valence-electron chi connectivity index (χ3n) is 2.04. The van der Waals surface area contributed by atoms with Crippen LogP contribution in [0.5, 0.6) is 5.75 Å². The first-order valence-electron chi connectivity index (χ1n) is 4.71. The van der Waals surface area contributed by atoms with Gasteiger partial charge < -0.3 is 4.74 Å². The topological polar surface area (TPSA) is 26.3 Å². The molecule has 0 spiro atoms. The highest BCUT2D eigenvalue weighted by Crippen LogP contribution is 2.27. The van der Waals surface area contributed by atoms with Crippen LogP contribution in [0, 0.1) is 0 Å². The van der Waals surface area contributed by atoms with Gasteiger partial charge in [-0.3, -0.25) is 4.79 Å². The van der Waals surface area contributed by atoms with Crippen LogP contribution in [0.4, 0.5) is 0 Å². The van der Waals surface area contributed by atoms with Crippen molar-refractivity contribution in [1.29, 1.82) is 0 Å². The SMILES string of the molecule is O=C(Cl)c1sccc1OCc1ccccc1. The van der Waals surface area contributed by atoms with Crippen molar-refractivity contribution in [2.45, 2.75) is 6.61 Å². The zero-order valence-corrected chi connectivity index (χ0v) is 9.92. The van der Waals surface area contributed by atoms with E-state index in [0.29, 0.717) is 17.2 Å². The van der Waals surface area contributed by atoms with E-state index in [9.17, 15) is 4.79 Å². The zero-order valence-electron chi connectivity index (χ0n) is 8.35. The molecule has 0 bridgehead atoms. The second kappa shape index (κ2) is 5.14. The van der Waals surface area contributed by atoms with E-state index >= 15 is 0 Å². The number of hydrogen-bond donors (Lipinski definition) is 0. The monoisotopic (exact) mass is 252 g/mol. The minimum atomic E-state index is -0.474. The van der Waals surface area contributed by atoms with Crippen molar-refractivity contribution < 1.29 is 9.53 Å². The summed E-state index contributed by atoms with van der Waals surface area (Å²) in [4.78, 5) is 11.5. The van der Waals surface area contributed by atoms with Gasteiger partial charge in [0.05, 0.1) is 0 Å². The molecule has 0 amide bonds. The molecule has 2 aromatic rings. The Morgan fingerprint density at radius 3 is 2.69 bits per heavy atom. The summed E-state index contributed by atoms with van der Waals surface area (Å²) >= 11 is 6.71. The van der Waals surface area contributed by atoms with E-state index in [1.165, 1.54) is 11.3 Å². The maximum Gasteiger partial charge on any atom is 0.266 e. The average molecular weight is 253 g/mol. The van der Waals surface area contributed by atoms with Crippen molar-refractivity contribution in [3.8, 4) is 5.75 Å². The van der Waals surface area contributed by atoms with Crippen molar-refractivity contribution in [3.05, 3.63) is 52.2 Å². The van der Waals surface area contributed by atoms with Gasteiger partial charge in [-0.05, 0) is 28.6 Å². The molecule has 0 aliphatic carbocycles. The molecule has 1 aromatic carbocycles. The highest BCUT2D eigenvalue weighted by Gasteiger charge is 2.11. The molecule has 1 aromatic heterocycles. The summed E-state index contributed by atoms with van der Waals surface area (Å²) in [5.74, 6) is 0.550. The molecule has 0 N–H and O–H groups in total. The Bertz CT molecular complexity index is 479. The first-order chi connectivity index (χ1) is 7.77. The van der Waals surface area contributed by atoms with Crippen LogP contribution in [0.15, 0.2) is 41.8 Å². The fourth-order valence-corrected chi connectivity index (χ4v) is 2.18. The Labute approximate surface area is 102 Å². The summed E-state index contributed by atoms with van der Waals surface area (Å²) in [7, 11) is 0. The lowest BCUT2D eigenvalue weighted by Crippen LogP contribution is -1.97. The van der Waals surface area contributed by atoms with E-state index in [2.05, 4.69) is 0 Å². The largest absolute Gasteiger partial charge is 0.487 e. The van der Waals surface area contributed by atoms with Crippen LogP contribution in [0.2, 0.25) is 0 Å². The van der Waals surface area contributed by atoms with Gasteiger partial charge in [0.25, 0.3) is 5.24 Å². The van der Waals surface area contributed by atoms with Crippen LogP contribution in [0.25, 0.3) is 0 Å². The fraction of sp³-hybridized carbons (Fsp3) is 0.0833. The van der Waals surface area contributed by atoms with Crippen molar-refractivity contribution in [3.63, 3.8) is 0 Å². The lowest BCUT2D eigenvalue weighted by atomic mass is 10.2. The van der Waals surface area contributed by atoms with Gasteiger partial charge in [-0.2, -0.15) is 0 Å². The second-order valence-corrected chi connectivity index (χ2v) is 4.42. The van der Waals surface area contributed by atoms with Crippen molar-refractivity contribution in [1.82, 2.24) is 0 Å². The normalized spacial score (nSPS) is 10.1. The molecule has 82 valence electrons. The van der Waals surface area contributed by atoms with Gasteiger partial charge in [-0.25, -0.2) is 0 Å². The molecule has 1 heterocycles. The second-order valence-electron chi connectivity index (χ2n) is 3.16. The van der Waals surface area contributed by atoms with Gasteiger partial charge in [0, 0.05) is 0 Å².